The Balaban J connectivity index is 2.27. The van der Waals surface area contributed by atoms with Crippen molar-refractivity contribution in [1.29, 1.82) is 0 Å². The quantitative estimate of drug-likeness (QED) is 0.718. The largest absolute Gasteiger partial charge is 0.481 e. The number of aromatic nitrogens is 1. The molecule has 3 N–H and O–H groups in total. The van der Waals surface area contributed by atoms with E-state index in [0.29, 0.717) is 5.69 Å². The monoisotopic (exact) mass is 255 g/mol. The maximum atomic E-state index is 11.3. The van der Waals surface area contributed by atoms with E-state index in [-0.39, 0.29) is 25.1 Å². The third kappa shape index (κ3) is 5.10. The molecule has 0 bridgehead atoms. The van der Waals surface area contributed by atoms with Gasteiger partial charge >= 0.3 is 12.0 Å². The highest BCUT2D eigenvalue weighted by atomic mass is 16.5. The minimum Gasteiger partial charge on any atom is -0.481 e. The second kappa shape index (κ2) is 6.38. The molecule has 1 heterocycles. The fraction of sp³-hybridized carbons (Fsp3) is 0.400. The van der Waals surface area contributed by atoms with Crippen LogP contribution in [0.1, 0.15) is 25.0 Å². The number of carbonyl (C=O) groups excluding carboxylic acids is 2. The summed E-state index contributed by atoms with van der Waals surface area (Å²) in [6.45, 7) is 1.68. The molecule has 0 aliphatic rings. The molecule has 8 nitrogen and oxygen atoms in total. The molecule has 8 heteroatoms. The predicted octanol–water partition coefficient (Wildman–Crippen LogP) is 0.886. The first-order valence-electron chi connectivity index (χ1n) is 5.23. The molecule has 3 amide bonds. The number of carboxylic acid groups (broad SMARTS) is 1. The standard InChI is InChI=1S/C10H13N3O5/c1-6-5-8(18-13-6)12-10(17)11-7(14)3-2-4-9(15)16/h5H,2-4H2,1H3,(H,15,16)(H2,11,12,14,17). The highest BCUT2D eigenvalue weighted by Gasteiger charge is 2.10. The molecule has 0 saturated carbocycles. The number of anilines is 1. The number of hydrogen-bond acceptors (Lipinski definition) is 5. The molecule has 0 radical (unpaired) electrons. The number of nitrogens with one attached hydrogen (secondary N) is 2. The molecular formula is C10H13N3O5. The van der Waals surface area contributed by atoms with Crippen LogP contribution in [-0.4, -0.2) is 28.2 Å². The molecule has 0 fully saturated rings. The van der Waals surface area contributed by atoms with Crippen LogP contribution in [0.2, 0.25) is 0 Å². The number of aryl methyl sites for hydroxylation is 1. The van der Waals surface area contributed by atoms with Crippen molar-refractivity contribution in [1.82, 2.24) is 10.5 Å². The smallest absolute Gasteiger partial charge is 0.328 e. The van der Waals surface area contributed by atoms with E-state index in [1.54, 1.807) is 6.92 Å². The van der Waals surface area contributed by atoms with Gasteiger partial charge in [0, 0.05) is 18.9 Å². The Labute approximate surface area is 102 Å². The Kier molecular flexibility index (Phi) is 4.85. The van der Waals surface area contributed by atoms with Crippen LogP contribution in [0.15, 0.2) is 10.6 Å². The molecule has 0 saturated heterocycles. The van der Waals surface area contributed by atoms with Gasteiger partial charge in [-0.25, -0.2) is 4.79 Å². The van der Waals surface area contributed by atoms with E-state index in [9.17, 15) is 14.4 Å². The lowest BCUT2D eigenvalue weighted by atomic mass is 10.2. The Bertz CT molecular complexity index is 454. The first-order chi connectivity index (χ1) is 8.47. The molecule has 0 spiro atoms. The van der Waals surface area contributed by atoms with Crippen LogP contribution in [0.25, 0.3) is 0 Å². The molecule has 0 aliphatic carbocycles. The van der Waals surface area contributed by atoms with Crippen molar-refractivity contribution in [3.63, 3.8) is 0 Å². The van der Waals surface area contributed by atoms with Crippen molar-refractivity contribution in [3.05, 3.63) is 11.8 Å². The lowest BCUT2D eigenvalue weighted by molar-refractivity contribution is -0.137. The van der Waals surface area contributed by atoms with Gasteiger partial charge in [0.1, 0.15) is 0 Å². The number of rotatable bonds is 5. The number of urea groups is 1. The van der Waals surface area contributed by atoms with Crippen molar-refractivity contribution in [2.24, 2.45) is 0 Å². The van der Waals surface area contributed by atoms with Crippen LogP contribution in [0, 0.1) is 6.92 Å². The summed E-state index contributed by atoms with van der Waals surface area (Å²) in [5.41, 5.74) is 0.595. The zero-order valence-corrected chi connectivity index (χ0v) is 9.73. The van der Waals surface area contributed by atoms with E-state index >= 15 is 0 Å². The van der Waals surface area contributed by atoms with Gasteiger partial charge in [-0.2, -0.15) is 0 Å². The fourth-order valence-electron chi connectivity index (χ4n) is 1.15. The van der Waals surface area contributed by atoms with Gasteiger partial charge in [0.2, 0.25) is 11.8 Å². The summed E-state index contributed by atoms with van der Waals surface area (Å²) in [6, 6.07) is 0.751. The average molecular weight is 255 g/mol. The van der Waals surface area contributed by atoms with Crippen LogP contribution in [-0.2, 0) is 9.59 Å². The predicted molar refractivity (Wildman–Crippen MR) is 59.9 cm³/mol. The Morgan fingerprint density at radius 3 is 2.67 bits per heavy atom. The number of hydrogen-bond donors (Lipinski definition) is 3. The molecule has 0 aliphatic heterocycles. The number of carbonyl (C=O) groups is 3. The summed E-state index contributed by atoms with van der Waals surface area (Å²) in [7, 11) is 0. The Hall–Kier alpha value is -2.38. The van der Waals surface area contributed by atoms with Crippen molar-refractivity contribution in [2.45, 2.75) is 26.2 Å². The molecule has 0 atom stereocenters. The van der Waals surface area contributed by atoms with Crippen LogP contribution in [0.4, 0.5) is 10.7 Å². The molecule has 1 aromatic heterocycles. The molecule has 0 aromatic carbocycles. The second-order valence-electron chi connectivity index (χ2n) is 3.58. The Morgan fingerprint density at radius 2 is 2.11 bits per heavy atom. The third-order valence-corrected chi connectivity index (χ3v) is 1.91. The molecule has 1 aromatic rings. The lowest BCUT2D eigenvalue weighted by Crippen LogP contribution is -2.34. The summed E-state index contributed by atoms with van der Waals surface area (Å²) >= 11 is 0. The number of amides is 3. The Morgan fingerprint density at radius 1 is 1.39 bits per heavy atom. The summed E-state index contributed by atoms with van der Waals surface area (Å²) in [4.78, 5) is 32.7. The lowest BCUT2D eigenvalue weighted by Gasteiger charge is -2.02. The summed E-state index contributed by atoms with van der Waals surface area (Å²) in [6.07, 6.45) is 0.0291. The van der Waals surface area contributed by atoms with Crippen molar-refractivity contribution < 1.29 is 24.0 Å². The van der Waals surface area contributed by atoms with Gasteiger partial charge in [-0.3, -0.25) is 20.2 Å². The number of imide groups is 1. The maximum Gasteiger partial charge on any atom is 0.328 e. The fourth-order valence-corrected chi connectivity index (χ4v) is 1.15. The van der Waals surface area contributed by atoms with E-state index in [1.807, 2.05) is 5.32 Å². The van der Waals surface area contributed by atoms with E-state index in [0.717, 1.165) is 0 Å². The second-order valence-corrected chi connectivity index (χ2v) is 3.58. The van der Waals surface area contributed by atoms with Crippen molar-refractivity contribution >= 4 is 23.8 Å². The van der Waals surface area contributed by atoms with E-state index < -0.39 is 17.9 Å². The number of carboxylic acids is 1. The van der Waals surface area contributed by atoms with Gasteiger partial charge < -0.3 is 9.63 Å². The molecule has 98 valence electrons. The van der Waals surface area contributed by atoms with E-state index in [1.165, 1.54) is 6.07 Å². The summed E-state index contributed by atoms with van der Waals surface area (Å²) < 4.78 is 4.72. The van der Waals surface area contributed by atoms with Crippen molar-refractivity contribution in [3.8, 4) is 0 Å². The van der Waals surface area contributed by atoms with Gasteiger partial charge in [0.05, 0.1) is 5.69 Å². The average Bonchev–Trinajstić information content (AvgIpc) is 2.62. The topological polar surface area (TPSA) is 122 Å². The minimum atomic E-state index is -0.982. The highest BCUT2D eigenvalue weighted by molar-refractivity contribution is 6.00. The van der Waals surface area contributed by atoms with Gasteiger partial charge in [0.25, 0.3) is 0 Å². The van der Waals surface area contributed by atoms with E-state index in [2.05, 4.69) is 10.5 Å². The van der Waals surface area contributed by atoms with Crippen LogP contribution in [0.3, 0.4) is 0 Å². The van der Waals surface area contributed by atoms with Gasteiger partial charge in [0.15, 0.2) is 0 Å². The normalized spacial score (nSPS) is 9.83. The highest BCUT2D eigenvalue weighted by Crippen LogP contribution is 2.07. The zero-order chi connectivity index (χ0) is 13.5. The first-order valence-corrected chi connectivity index (χ1v) is 5.23. The van der Waals surface area contributed by atoms with Gasteiger partial charge in [-0.15, -0.1) is 0 Å². The van der Waals surface area contributed by atoms with Gasteiger partial charge in [-0.1, -0.05) is 5.16 Å². The first kappa shape index (κ1) is 13.7. The molecule has 1 rings (SSSR count). The van der Waals surface area contributed by atoms with Crippen LogP contribution >= 0.6 is 0 Å². The minimum absolute atomic E-state index is 0.0326. The van der Waals surface area contributed by atoms with Gasteiger partial charge in [-0.05, 0) is 13.3 Å². The SMILES string of the molecule is Cc1cc(NC(=O)NC(=O)CCCC(=O)O)on1. The third-order valence-electron chi connectivity index (χ3n) is 1.91. The summed E-state index contributed by atoms with van der Waals surface area (Å²) in [5, 5.41) is 16.2. The van der Waals surface area contributed by atoms with Crippen molar-refractivity contribution in [2.75, 3.05) is 5.32 Å². The molecular weight excluding hydrogens is 242 g/mol. The molecule has 18 heavy (non-hydrogen) atoms. The number of nitrogens with zero attached hydrogens (tertiary/aromatic N) is 1. The zero-order valence-electron chi connectivity index (χ0n) is 9.73. The summed E-state index contributed by atoms with van der Waals surface area (Å²) in [5.74, 6) is -1.40. The number of aliphatic carboxylic acids is 1. The van der Waals surface area contributed by atoms with Crippen LogP contribution in [0.5, 0.6) is 0 Å². The molecule has 0 unspecified atom stereocenters. The van der Waals surface area contributed by atoms with E-state index in [4.69, 9.17) is 9.63 Å². The maximum absolute atomic E-state index is 11.3. The van der Waals surface area contributed by atoms with Crippen LogP contribution < -0.4 is 10.6 Å².